The van der Waals surface area contributed by atoms with Gasteiger partial charge < -0.3 is 14.6 Å². The van der Waals surface area contributed by atoms with Gasteiger partial charge in [0.25, 0.3) is 5.91 Å². The van der Waals surface area contributed by atoms with Gasteiger partial charge in [-0.25, -0.2) is 0 Å². The minimum Gasteiger partial charge on any atom is -0.503 e. The number of carbonyl (C=O) groups is 1. The summed E-state index contributed by atoms with van der Waals surface area (Å²) in [6.45, 7) is 0. The number of aliphatic hydroxyl groups is 1. The molecule has 0 aromatic heterocycles. The van der Waals surface area contributed by atoms with E-state index >= 15 is 0 Å². The van der Waals surface area contributed by atoms with Crippen LogP contribution < -0.4 is 9.64 Å². The van der Waals surface area contributed by atoms with Crippen molar-refractivity contribution in [2.75, 3.05) is 19.1 Å². The number of carbonyl (C=O) groups excluding carboxylic acids is 1. The Morgan fingerprint density at radius 2 is 1.65 bits per heavy atom. The van der Waals surface area contributed by atoms with E-state index in [-0.39, 0.29) is 5.76 Å². The van der Waals surface area contributed by atoms with E-state index in [0.29, 0.717) is 11.4 Å². The molecule has 0 aliphatic carbocycles. The van der Waals surface area contributed by atoms with Crippen LogP contribution in [0.25, 0.3) is 0 Å². The van der Waals surface area contributed by atoms with E-state index in [4.69, 9.17) is 9.47 Å². The zero-order valence-corrected chi connectivity index (χ0v) is 12.9. The van der Waals surface area contributed by atoms with Crippen molar-refractivity contribution in [2.45, 2.75) is 5.72 Å². The maximum Gasteiger partial charge on any atom is 0.295 e. The van der Waals surface area contributed by atoms with Crippen molar-refractivity contribution in [3.8, 4) is 5.75 Å². The molecule has 1 amide bonds. The summed E-state index contributed by atoms with van der Waals surface area (Å²) in [6.07, 6.45) is 1.43. The van der Waals surface area contributed by atoms with Gasteiger partial charge in [0.15, 0.2) is 11.5 Å². The molecule has 1 aliphatic heterocycles. The van der Waals surface area contributed by atoms with Gasteiger partial charge in [0.1, 0.15) is 5.75 Å². The van der Waals surface area contributed by atoms with Crippen LogP contribution in [0.4, 0.5) is 5.69 Å². The molecule has 5 heteroatoms. The van der Waals surface area contributed by atoms with Gasteiger partial charge in [-0.3, -0.25) is 9.69 Å². The lowest BCUT2D eigenvalue weighted by molar-refractivity contribution is -0.119. The van der Waals surface area contributed by atoms with E-state index in [1.165, 1.54) is 18.1 Å². The highest BCUT2D eigenvalue weighted by Gasteiger charge is 2.48. The number of benzene rings is 2. The number of anilines is 1. The molecular formula is C18H17NO4. The average Bonchev–Trinajstić information content (AvgIpc) is 2.87. The first-order chi connectivity index (χ1) is 11.1. The van der Waals surface area contributed by atoms with Crippen molar-refractivity contribution >= 4 is 11.6 Å². The zero-order valence-electron chi connectivity index (χ0n) is 12.9. The highest BCUT2D eigenvalue weighted by molar-refractivity contribution is 6.08. The number of ether oxygens (including phenoxy) is 2. The van der Waals surface area contributed by atoms with Crippen LogP contribution in [0.2, 0.25) is 0 Å². The molecule has 0 radical (unpaired) electrons. The largest absolute Gasteiger partial charge is 0.503 e. The summed E-state index contributed by atoms with van der Waals surface area (Å²) in [7, 11) is 3.08. The molecule has 0 saturated heterocycles. The predicted octanol–water partition coefficient (Wildman–Crippen LogP) is 2.98. The van der Waals surface area contributed by atoms with Crippen molar-refractivity contribution in [1.82, 2.24) is 0 Å². The highest BCUT2D eigenvalue weighted by Crippen LogP contribution is 2.41. The summed E-state index contributed by atoms with van der Waals surface area (Å²) < 4.78 is 10.8. The van der Waals surface area contributed by atoms with Crippen molar-refractivity contribution < 1.29 is 19.4 Å². The Morgan fingerprint density at radius 3 is 2.22 bits per heavy atom. The van der Waals surface area contributed by atoms with Gasteiger partial charge in [-0.15, -0.1) is 0 Å². The third-order valence-electron chi connectivity index (χ3n) is 3.92. The van der Waals surface area contributed by atoms with Gasteiger partial charge in [-0.05, 0) is 24.3 Å². The van der Waals surface area contributed by atoms with Gasteiger partial charge in [-0.2, -0.15) is 0 Å². The molecule has 1 atom stereocenters. The summed E-state index contributed by atoms with van der Waals surface area (Å²) in [5.74, 6) is -0.173. The lowest BCUT2D eigenvalue weighted by Gasteiger charge is -2.36. The Labute approximate surface area is 134 Å². The number of aliphatic hydroxyl groups excluding tert-OH is 1. The molecule has 1 aliphatic rings. The molecular weight excluding hydrogens is 294 g/mol. The Kier molecular flexibility index (Phi) is 3.80. The van der Waals surface area contributed by atoms with Crippen LogP contribution in [0, 0.1) is 0 Å². The molecule has 0 fully saturated rings. The fraction of sp³-hybridized carbons (Fsp3) is 0.167. The van der Waals surface area contributed by atoms with Crippen LogP contribution in [0.15, 0.2) is 66.4 Å². The fourth-order valence-corrected chi connectivity index (χ4v) is 2.77. The van der Waals surface area contributed by atoms with Crippen LogP contribution in [0.1, 0.15) is 5.56 Å². The van der Waals surface area contributed by atoms with Gasteiger partial charge >= 0.3 is 0 Å². The van der Waals surface area contributed by atoms with Crippen LogP contribution in [0.3, 0.4) is 0 Å². The second-order valence-electron chi connectivity index (χ2n) is 5.13. The van der Waals surface area contributed by atoms with Gasteiger partial charge in [-0.1, -0.05) is 30.3 Å². The lowest BCUT2D eigenvalue weighted by atomic mass is 10.0. The quantitative estimate of drug-likeness (QED) is 0.943. The van der Waals surface area contributed by atoms with E-state index in [1.807, 2.05) is 30.3 Å². The Hall–Kier alpha value is -2.79. The topological polar surface area (TPSA) is 59.0 Å². The van der Waals surface area contributed by atoms with Crippen LogP contribution in [-0.2, 0) is 15.3 Å². The third kappa shape index (κ3) is 2.35. The summed E-state index contributed by atoms with van der Waals surface area (Å²) in [5.41, 5.74) is 0.161. The molecule has 2 aromatic rings. The standard InChI is InChI=1S/C18H17NO4/c1-22-15-10-8-14(9-11-15)19-17(21)16(20)12-18(19,23-2)13-6-4-3-5-7-13/h3-12,20H,1-2H3. The van der Waals surface area contributed by atoms with Crippen molar-refractivity contribution in [3.63, 3.8) is 0 Å². The van der Waals surface area contributed by atoms with Crippen molar-refractivity contribution in [1.29, 1.82) is 0 Å². The first kappa shape index (κ1) is 15.1. The monoisotopic (exact) mass is 311 g/mol. The summed E-state index contributed by atoms with van der Waals surface area (Å²) in [6, 6.07) is 16.3. The third-order valence-corrected chi connectivity index (χ3v) is 3.92. The number of methoxy groups -OCH3 is 2. The fourth-order valence-electron chi connectivity index (χ4n) is 2.77. The number of nitrogens with zero attached hydrogens (tertiary/aromatic N) is 1. The second-order valence-corrected chi connectivity index (χ2v) is 5.13. The zero-order chi connectivity index (χ0) is 16.4. The molecule has 3 rings (SSSR count). The summed E-state index contributed by atoms with van der Waals surface area (Å²) in [4.78, 5) is 13.9. The van der Waals surface area contributed by atoms with Crippen LogP contribution in [-0.4, -0.2) is 25.2 Å². The number of hydrogen-bond donors (Lipinski definition) is 1. The Bertz CT molecular complexity index is 739. The van der Waals surface area contributed by atoms with E-state index in [1.54, 1.807) is 31.4 Å². The molecule has 1 heterocycles. The Balaban J connectivity index is 2.14. The maximum atomic E-state index is 12.5. The maximum absolute atomic E-state index is 12.5. The number of rotatable bonds is 4. The van der Waals surface area contributed by atoms with E-state index < -0.39 is 11.6 Å². The summed E-state index contributed by atoms with van der Waals surface area (Å²) >= 11 is 0. The predicted molar refractivity (Wildman–Crippen MR) is 86.3 cm³/mol. The minimum absolute atomic E-state index is 0.341. The molecule has 5 nitrogen and oxygen atoms in total. The molecule has 23 heavy (non-hydrogen) atoms. The van der Waals surface area contributed by atoms with Gasteiger partial charge in [0.05, 0.1) is 7.11 Å². The van der Waals surface area contributed by atoms with Crippen LogP contribution in [0.5, 0.6) is 5.75 Å². The Morgan fingerprint density at radius 1 is 1.00 bits per heavy atom. The lowest BCUT2D eigenvalue weighted by Crippen LogP contribution is -2.46. The van der Waals surface area contributed by atoms with E-state index in [0.717, 1.165) is 5.56 Å². The van der Waals surface area contributed by atoms with Gasteiger partial charge in [0.2, 0.25) is 0 Å². The smallest absolute Gasteiger partial charge is 0.295 e. The first-order valence-corrected chi connectivity index (χ1v) is 7.13. The molecule has 1 N–H and O–H groups in total. The van der Waals surface area contributed by atoms with Crippen molar-refractivity contribution in [2.24, 2.45) is 0 Å². The molecule has 0 spiro atoms. The molecule has 0 saturated carbocycles. The number of hydrogen-bond acceptors (Lipinski definition) is 4. The first-order valence-electron chi connectivity index (χ1n) is 7.13. The molecule has 118 valence electrons. The van der Waals surface area contributed by atoms with E-state index in [9.17, 15) is 9.90 Å². The molecule has 2 aromatic carbocycles. The SMILES string of the molecule is COc1ccc(N2C(=O)C(O)=CC2(OC)c2ccccc2)cc1. The second kappa shape index (κ2) is 5.78. The summed E-state index contributed by atoms with van der Waals surface area (Å²) in [5, 5.41) is 10.0. The average molecular weight is 311 g/mol. The number of amides is 1. The van der Waals surface area contributed by atoms with Crippen LogP contribution >= 0.6 is 0 Å². The van der Waals surface area contributed by atoms with E-state index in [2.05, 4.69) is 0 Å². The highest BCUT2D eigenvalue weighted by atomic mass is 16.5. The molecule has 1 unspecified atom stereocenters. The van der Waals surface area contributed by atoms with Gasteiger partial charge in [0, 0.05) is 24.4 Å². The molecule has 0 bridgehead atoms. The normalized spacial score (nSPS) is 20.5. The van der Waals surface area contributed by atoms with Crippen molar-refractivity contribution in [3.05, 3.63) is 72.0 Å². The minimum atomic E-state index is -1.18.